The number of benzene rings is 1. The lowest BCUT2D eigenvalue weighted by Crippen LogP contribution is -2.13. The van der Waals surface area contributed by atoms with Crippen molar-refractivity contribution in [2.75, 3.05) is 12.4 Å². The van der Waals surface area contributed by atoms with E-state index >= 15 is 0 Å². The number of hydrogen-bond acceptors (Lipinski definition) is 5. The SMILES string of the molecule is O=S(=O)(CCO)Cc1nc(-c2ccc(F)cc2)c(-c2ccncc2)[nH]1. The predicted octanol–water partition coefficient (Wildman–Crippen LogP) is 2.18. The van der Waals surface area contributed by atoms with Gasteiger partial charge >= 0.3 is 0 Å². The molecule has 0 atom stereocenters. The van der Waals surface area contributed by atoms with Gasteiger partial charge in [0.2, 0.25) is 0 Å². The summed E-state index contributed by atoms with van der Waals surface area (Å²) in [5, 5.41) is 8.87. The van der Waals surface area contributed by atoms with Gasteiger partial charge in [0, 0.05) is 23.5 Å². The second-order valence-electron chi connectivity index (χ2n) is 5.47. The van der Waals surface area contributed by atoms with Crippen molar-refractivity contribution >= 4 is 9.84 Å². The molecule has 2 heterocycles. The minimum Gasteiger partial charge on any atom is -0.395 e. The number of aromatic nitrogens is 3. The van der Waals surface area contributed by atoms with E-state index in [1.807, 2.05) is 0 Å². The molecule has 0 fully saturated rings. The molecule has 130 valence electrons. The molecule has 0 aliphatic heterocycles. The maximum Gasteiger partial charge on any atom is 0.159 e. The van der Waals surface area contributed by atoms with E-state index in [2.05, 4.69) is 15.0 Å². The first-order valence-electron chi connectivity index (χ1n) is 7.55. The summed E-state index contributed by atoms with van der Waals surface area (Å²) in [7, 11) is -3.48. The Morgan fingerprint density at radius 1 is 1.04 bits per heavy atom. The molecule has 3 rings (SSSR count). The third-order valence-corrected chi connectivity index (χ3v) is 5.12. The van der Waals surface area contributed by atoms with Crippen molar-refractivity contribution in [2.45, 2.75) is 5.75 Å². The fourth-order valence-electron chi connectivity index (χ4n) is 2.45. The van der Waals surface area contributed by atoms with Gasteiger partial charge < -0.3 is 10.1 Å². The van der Waals surface area contributed by atoms with E-state index in [4.69, 9.17) is 5.11 Å². The van der Waals surface area contributed by atoms with Crippen molar-refractivity contribution in [1.29, 1.82) is 0 Å². The predicted molar refractivity (Wildman–Crippen MR) is 91.8 cm³/mol. The van der Waals surface area contributed by atoms with Crippen LogP contribution in [0.1, 0.15) is 5.82 Å². The average Bonchev–Trinajstić information content (AvgIpc) is 2.99. The second-order valence-corrected chi connectivity index (χ2v) is 7.65. The van der Waals surface area contributed by atoms with Gasteiger partial charge in [-0.3, -0.25) is 4.98 Å². The number of nitrogens with one attached hydrogen (secondary N) is 1. The Morgan fingerprint density at radius 2 is 1.72 bits per heavy atom. The standard InChI is InChI=1S/C17H16FN3O3S/c18-14-3-1-12(2-4-14)16-17(13-5-7-19-8-6-13)21-15(20-16)11-25(23,24)10-9-22/h1-8,22H,9-11H2,(H,20,21). The number of aliphatic hydroxyl groups is 1. The Hall–Kier alpha value is -2.58. The number of H-pyrrole nitrogens is 1. The van der Waals surface area contributed by atoms with Crippen molar-refractivity contribution in [2.24, 2.45) is 0 Å². The Labute approximate surface area is 144 Å². The first-order valence-corrected chi connectivity index (χ1v) is 9.37. The molecule has 1 aromatic carbocycles. The molecule has 2 N–H and O–H groups in total. The fourth-order valence-corrected chi connectivity index (χ4v) is 3.43. The molecular formula is C17H16FN3O3S. The third-order valence-electron chi connectivity index (χ3n) is 3.60. The van der Waals surface area contributed by atoms with Crippen LogP contribution in [-0.4, -0.2) is 40.8 Å². The van der Waals surface area contributed by atoms with Crippen LogP contribution in [0.25, 0.3) is 22.5 Å². The lowest BCUT2D eigenvalue weighted by atomic mass is 10.1. The van der Waals surface area contributed by atoms with Crippen molar-refractivity contribution < 1.29 is 17.9 Å². The first-order chi connectivity index (χ1) is 12.0. The monoisotopic (exact) mass is 361 g/mol. The second kappa shape index (κ2) is 7.12. The summed E-state index contributed by atoms with van der Waals surface area (Å²) >= 11 is 0. The maximum atomic E-state index is 13.2. The third kappa shape index (κ3) is 4.09. The fraction of sp³-hybridized carbons (Fsp3) is 0.176. The van der Waals surface area contributed by atoms with Crippen LogP contribution in [0.2, 0.25) is 0 Å². The molecule has 0 aliphatic carbocycles. The lowest BCUT2D eigenvalue weighted by molar-refractivity contribution is 0.319. The summed E-state index contributed by atoms with van der Waals surface area (Å²) in [4.78, 5) is 11.4. The van der Waals surface area contributed by atoms with E-state index in [9.17, 15) is 12.8 Å². The normalized spacial score (nSPS) is 11.6. The van der Waals surface area contributed by atoms with Crippen LogP contribution in [0.5, 0.6) is 0 Å². The number of aliphatic hydroxyl groups excluding tert-OH is 1. The number of halogens is 1. The summed E-state index contributed by atoms with van der Waals surface area (Å²) in [6.45, 7) is -0.439. The number of nitrogens with zero attached hydrogens (tertiary/aromatic N) is 2. The van der Waals surface area contributed by atoms with Crippen molar-refractivity contribution in [1.82, 2.24) is 15.0 Å². The molecule has 0 radical (unpaired) electrons. The quantitative estimate of drug-likeness (QED) is 0.702. The van der Waals surface area contributed by atoms with Crippen molar-refractivity contribution in [3.05, 3.63) is 60.4 Å². The van der Waals surface area contributed by atoms with E-state index in [1.165, 1.54) is 12.1 Å². The van der Waals surface area contributed by atoms with Crippen molar-refractivity contribution in [3.8, 4) is 22.5 Å². The first kappa shape index (κ1) is 17.2. The van der Waals surface area contributed by atoms with Crippen LogP contribution in [-0.2, 0) is 15.6 Å². The molecule has 6 nitrogen and oxygen atoms in total. The number of hydrogen-bond donors (Lipinski definition) is 2. The number of sulfone groups is 1. The van der Waals surface area contributed by atoms with Crippen LogP contribution in [0.3, 0.4) is 0 Å². The lowest BCUT2D eigenvalue weighted by Gasteiger charge is -2.02. The molecule has 0 spiro atoms. The molecule has 0 aliphatic rings. The summed E-state index contributed by atoms with van der Waals surface area (Å²) in [6.07, 6.45) is 3.24. The van der Waals surface area contributed by atoms with Crippen LogP contribution in [0.4, 0.5) is 4.39 Å². The largest absolute Gasteiger partial charge is 0.395 e. The minimum absolute atomic E-state index is 0.264. The zero-order valence-electron chi connectivity index (χ0n) is 13.2. The number of aromatic amines is 1. The molecule has 2 aromatic heterocycles. The van der Waals surface area contributed by atoms with E-state index < -0.39 is 16.4 Å². The smallest absolute Gasteiger partial charge is 0.159 e. The Bertz CT molecular complexity index is 955. The number of rotatable bonds is 6. The van der Waals surface area contributed by atoms with Gasteiger partial charge in [-0.15, -0.1) is 0 Å². The molecule has 25 heavy (non-hydrogen) atoms. The highest BCUT2D eigenvalue weighted by atomic mass is 32.2. The van der Waals surface area contributed by atoms with E-state index in [0.717, 1.165) is 5.56 Å². The summed E-state index contributed by atoms with van der Waals surface area (Å²) in [5.41, 5.74) is 2.60. The highest BCUT2D eigenvalue weighted by Gasteiger charge is 2.19. The van der Waals surface area contributed by atoms with Gasteiger partial charge in [0.1, 0.15) is 17.4 Å². The molecule has 0 saturated heterocycles. The van der Waals surface area contributed by atoms with Gasteiger partial charge in [-0.05, 0) is 36.4 Å². The van der Waals surface area contributed by atoms with Gasteiger partial charge in [0.15, 0.2) is 9.84 Å². The Balaban J connectivity index is 2.07. The molecule has 0 amide bonds. The van der Waals surface area contributed by atoms with Gasteiger partial charge in [-0.2, -0.15) is 0 Å². The van der Waals surface area contributed by atoms with Crippen LogP contribution < -0.4 is 0 Å². The highest BCUT2D eigenvalue weighted by Crippen LogP contribution is 2.30. The van der Waals surface area contributed by atoms with Gasteiger partial charge in [0.25, 0.3) is 0 Å². The molecular weight excluding hydrogens is 345 g/mol. The van der Waals surface area contributed by atoms with Gasteiger partial charge in [-0.1, -0.05) is 0 Å². The van der Waals surface area contributed by atoms with Crippen molar-refractivity contribution in [3.63, 3.8) is 0 Å². The summed E-state index contributed by atoms with van der Waals surface area (Å²) < 4.78 is 37.1. The molecule has 0 saturated carbocycles. The minimum atomic E-state index is -3.48. The molecule has 0 bridgehead atoms. The maximum absolute atomic E-state index is 13.2. The molecule has 8 heteroatoms. The summed E-state index contributed by atoms with van der Waals surface area (Å²) in [5.74, 6) is -0.744. The van der Waals surface area contributed by atoms with Crippen LogP contribution in [0.15, 0.2) is 48.8 Å². The number of imidazole rings is 1. The topological polar surface area (TPSA) is 95.9 Å². The van der Waals surface area contributed by atoms with E-state index in [-0.39, 0.29) is 23.1 Å². The van der Waals surface area contributed by atoms with Gasteiger partial charge in [0.05, 0.1) is 23.7 Å². The average molecular weight is 361 g/mol. The van der Waals surface area contributed by atoms with Gasteiger partial charge in [-0.25, -0.2) is 17.8 Å². The van der Waals surface area contributed by atoms with Crippen LogP contribution >= 0.6 is 0 Å². The Morgan fingerprint density at radius 3 is 2.36 bits per heavy atom. The van der Waals surface area contributed by atoms with E-state index in [0.29, 0.717) is 17.0 Å². The zero-order chi connectivity index (χ0) is 17.9. The number of pyridine rings is 1. The molecule has 0 unspecified atom stereocenters. The Kier molecular flexibility index (Phi) is 4.91. The van der Waals surface area contributed by atoms with Crippen LogP contribution in [0, 0.1) is 5.82 Å². The summed E-state index contributed by atoms with van der Waals surface area (Å²) in [6, 6.07) is 9.36. The van der Waals surface area contributed by atoms with E-state index in [1.54, 1.807) is 36.7 Å². The highest BCUT2D eigenvalue weighted by molar-refractivity contribution is 7.90. The molecule has 3 aromatic rings. The zero-order valence-corrected chi connectivity index (χ0v) is 14.0.